The molecule has 1 unspecified atom stereocenters. The van der Waals surface area contributed by atoms with Crippen LogP contribution in [0.5, 0.6) is 0 Å². The van der Waals surface area contributed by atoms with Gasteiger partial charge in [-0.05, 0) is 63.2 Å². The molecule has 0 spiro atoms. The Kier molecular flexibility index (Phi) is 7.36. The third-order valence-electron chi connectivity index (χ3n) is 4.60. The standard InChI is InChI=1S/C16H21BrFN7O4S/c1-19-30(27,28)25-6-2-3-10(9-25)8-20-15-14(23-29-24-15)16(22-26)21-11-4-5-13(18)12(17)7-11/h4-5,7,10,19,26H,2-3,6,8-9H2,1H3,(H,20,24)(H,21,22). The van der Waals surface area contributed by atoms with Gasteiger partial charge in [0.25, 0.3) is 10.2 Å². The van der Waals surface area contributed by atoms with Crippen LogP contribution >= 0.6 is 15.9 Å². The van der Waals surface area contributed by atoms with E-state index >= 15 is 0 Å². The van der Waals surface area contributed by atoms with Gasteiger partial charge in [0, 0.05) is 26.7 Å². The average Bonchev–Trinajstić information content (AvgIpc) is 3.21. The van der Waals surface area contributed by atoms with E-state index in [0.29, 0.717) is 25.3 Å². The zero-order valence-corrected chi connectivity index (χ0v) is 18.4. The molecule has 14 heteroatoms. The van der Waals surface area contributed by atoms with Crippen LogP contribution in [0.3, 0.4) is 0 Å². The van der Waals surface area contributed by atoms with E-state index in [-0.39, 0.29) is 27.7 Å². The molecule has 1 aliphatic heterocycles. The Bertz CT molecular complexity index is 1020. The minimum absolute atomic E-state index is 0.0435. The van der Waals surface area contributed by atoms with Gasteiger partial charge in [-0.1, -0.05) is 0 Å². The summed E-state index contributed by atoms with van der Waals surface area (Å²) < 4.78 is 46.1. The highest BCUT2D eigenvalue weighted by Gasteiger charge is 2.28. The van der Waals surface area contributed by atoms with Crippen molar-refractivity contribution in [1.82, 2.24) is 24.8 Å². The third kappa shape index (κ3) is 5.31. The molecule has 1 aromatic carbocycles. The molecule has 4 N–H and O–H groups in total. The molecule has 0 aliphatic carbocycles. The van der Waals surface area contributed by atoms with Gasteiger partial charge in [0.15, 0.2) is 11.5 Å². The smallest absolute Gasteiger partial charge is 0.279 e. The molecule has 2 aromatic rings. The van der Waals surface area contributed by atoms with Gasteiger partial charge in [0.2, 0.25) is 5.82 Å². The van der Waals surface area contributed by atoms with Gasteiger partial charge >= 0.3 is 0 Å². The van der Waals surface area contributed by atoms with E-state index in [9.17, 15) is 18.0 Å². The summed E-state index contributed by atoms with van der Waals surface area (Å²) in [5.74, 6) is -0.230. The van der Waals surface area contributed by atoms with Gasteiger partial charge in [0.05, 0.1) is 10.2 Å². The van der Waals surface area contributed by atoms with Crippen molar-refractivity contribution in [3.8, 4) is 0 Å². The summed E-state index contributed by atoms with van der Waals surface area (Å²) in [6.07, 6.45) is 1.58. The molecule has 164 valence electrons. The van der Waals surface area contributed by atoms with Crippen LogP contribution in [-0.2, 0) is 10.2 Å². The van der Waals surface area contributed by atoms with E-state index in [1.165, 1.54) is 29.6 Å². The fourth-order valence-electron chi connectivity index (χ4n) is 3.06. The molecule has 1 atom stereocenters. The number of nitrogens with zero attached hydrogens (tertiary/aromatic N) is 4. The molecule has 0 amide bonds. The van der Waals surface area contributed by atoms with Crippen LogP contribution in [-0.4, -0.2) is 60.8 Å². The molecular formula is C16H21BrFN7O4S. The second kappa shape index (κ2) is 9.78. The molecule has 1 saturated heterocycles. The topological polar surface area (TPSA) is 145 Å². The zero-order valence-electron chi connectivity index (χ0n) is 16.0. The van der Waals surface area contributed by atoms with Crippen molar-refractivity contribution < 1.29 is 22.6 Å². The van der Waals surface area contributed by atoms with E-state index in [1.807, 2.05) is 5.48 Å². The largest absolute Gasteiger partial charge is 0.365 e. The Labute approximate surface area is 181 Å². The van der Waals surface area contributed by atoms with Gasteiger partial charge < -0.3 is 5.32 Å². The number of hydroxylamine groups is 1. The number of anilines is 1. The summed E-state index contributed by atoms with van der Waals surface area (Å²) in [6.45, 7) is 1.24. The lowest BCUT2D eigenvalue weighted by molar-refractivity contribution is 0.234. The van der Waals surface area contributed by atoms with Crippen molar-refractivity contribution >= 4 is 43.5 Å². The summed E-state index contributed by atoms with van der Waals surface area (Å²) in [4.78, 5) is 4.19. The van der Waals surface area contributed by atoms with Crippen LogP contribution in [0.2, 0.25) is 0 Å². The van der Waals surface area contributed by atoms with Crippen LogP contribution in [0.1, 0.15) is 18.5 Å². The van der Waals surface area contributed by atoms with E-state index in [4.69, 9.17) is 4.63 Å². The fraction of sp³-hybridized carbons (Fsp3) is 0.438. The predicted molar refractivity (Wildman–Crippen MR) is 110 cm³/mol. The number of benzene rings is 1. The molecule has 0 radical (unpaired) electrons. The number of amidine groups is 1. The van der Waals surface area contributed by atoms with Gasteiger partial charge in [-0.15, -0.1) is 0 Å². The maximum Gasteiger partial charge on any atom is 0.279 e. The van der Waals surface area contributed by atoms with Gasteiger partial charge in [-0.25, -0.2) is 18.7 Å². The highest BCUT2D eigenvalue weighted by atomic mass is 79.9. The first-order valence-electron chi connectivity index (χ1n) is 9.03. The Morgan fingerprint density at radius 3 is 2.97 bits per heavy atom. The quantitative estimate of drug-likeness (QED) is 0.252. The monoisotopic (exact) mass is 505 g/mol. The number of halogens is 2. The molecule has 1 aromatic heterocycles. The molecule has 11 nitrogen and oxygen atoms in total. The molecular weight excluding hydrogens is 485 g/mol. The number of aromatic nitrogens is 2. The van der Waals surface area contributed by atoms with Crippen molar-refractivity contribution in [3.63, 3.8) is 0 Å². The summed E-state index contributed by atoms with van der Waals surface area (Å²) in [5.41, 5.74) is 2.42. The van der Waals surface area contributed by atoms with Crippen molar-refractivity contribution in [2.45, 2.75) is 12.8 Å². The van der Waals surface area contributed by atoms with E-state index in [0.717, 1.165) is 12.8 Å². The number of hydrogen-bond acceptors (Lipinski definition) is 8. The van der Waals surface area contributed by atoms with E-state index < -0.39 is 16.0 Å². The first-order valence-corrected chi connectivity index (χ1v) is 11.3. The number of nitrogens with one attached hydrogen (secondary N) is 3. The molecule has 1 aliphatic rings. The van der Waals surface area contributed by atoms with E-state index in [2.05, 4.69) is 41.3 Å². The van der Waals surface area contributed by atoms with Crippen LogP contribution < -0.4 is 15.5 Å². The minimum atomic E-state index is -3.48. The molecule has 2 heterocycles. The lowest BCUT2D eigenvalue weighted by Crippen LogP contribution is -2.46. The average molecular weight is 506 g/mol. The van der Waals surface area contributed by atoms with Crippen LogP contribution in [0, 0.1) is 11.7 Å². The highest BCUT2D eigenvalue weighted by Crippen LogP contribution is 2.24. The molecule has 0 saturated carbocycles. The lowest BCUT2D eigenvalue weighted by atomic mass is 10.00. The first kappa shape index (κ1) is 22.6. The fourth-order valence-corrected chi connectivity index (χ4v) is 4.46. The van der Waals surface area contributed by atoms with Crippen LogP contribution in [0.25, 0.3) is 0 Å². The van der Waals surface area contributed by atoms with Gasteiger partial charge in [-0.3, -0.25) is 10.7 Å². The maximum absolute atomic E-state index is 13.4. The number of rotatable bonds is 7. The van der Waals surface area contributed by atoms with Crippen molar-refractivity contribution in [1.29, 1.82) is 0 Å². The number of piperidine rings is 1. The van der Waals surface area contributed by atoms with Gasteiger partial charge in [-0.2, -0.15) is 12.7 Å². The highest BCUT2D eigenvalue weighted by molar-refractivity contribution is 9.10. The lowest BCUT2D eigenvalue weighted by Gasteiger charge is -2.31. The summed E-state index contributed by atoms with van der Waals surface area (Å²) in [5, 5.41) is 20.1. The second-order valence-corrected chi connectivity index (χ2v) is 9.32. The Morgan fingerprint density at radius 2 is 2.27 bits per heavy atom. The summed E-state index contributed by atoms with van der Waals surface area (Å²) in [6, 6.07) is 4.09. The zero-order chi connectivity index (χ0) is 21.7. The molecule has 1 fully saturated rings. The Hall–Kier alpha value is -2.13. The van der Waals surface area contributed by atoms with Crippen LogP contribution in [0.4, 0.5) is 15.9 Å². The van der Waals surface area contributed by atoms with Crippen molar-refractivity contribution in [3.05, 3.63) is 34.2 Å². The maximum atomic E-state index is 13.4. The van der Waals surface area contributed by atoms with Crippen molar-refractivity contribution in [2.75, 3.05) is 32.0 Å². The Balaban J connectivity index is 1.71. The first-order chi connectivity index (χ1) is 14.3. The number of aliphatic imine (C=N–C) groups is 1. The van der Waals surface area contributed by atoms with E-state index in [1.54, 1.807) is 0 Å². The van der Waals surface area contributed by atoms with Crippen molar-refractivity contribution in [2.24, 2.45) is 10.9 Å². The second-order valence-electron chi connectivity index (χ2n) is 6.59. The molecule has 30 heavy (non-hydrogen) atoms. The normalized spacial score (nSPS) is 18.4. The minimum Gasteiger partial charge on any atom is -0.365 e. The summed E-state index contributed by atoms with van der Waals surface area (Å²) >= 11 is 3.08. The van der Waals surface area contributed by atoms with Gasteiger partial charge in [0.1, 0.15) is 5.82 Å². The predicted octanol–water partition coefficient (Wildman–Crippen LogP) is 1.62. The number of hydrogen-bond donors (Lipinski definition) is 4. The SMILES string of the molecule is CNS(=O)(=O)N1CCCC(CNc2nonc2C(=Nc2ccc(F)c(Br)c2)NO)C1. The summed E-state index contributed by atoms with van der Waals surface area (Å²) in [7, 11) is -2.09. The third-order valence-corrected chi connectivity index (χ3v) is 6.74. The molecule has 3 rings (SSSR count). The van der Waals surface area contributed by atoms with Crippen LogP contribution in [0.15, 0.2) is 32.3 Å². The Morgan fingerprint density at radius 1 is 1.47 bits per heavy atom. The molecule has 0 bridgehead atoms.